The van der Waals surface area contributed by atoms with Crippen molar-refractivity contribution in [1.82, 2.24) is 10.1 Å². The van der Waals surface area contributed by atoms with Gasteiger partial charge in [-0.15, -0.1) is 0 Å². The maximum Gasteiger partial charge on any atom is 0.314 e. The standard InChI is InChI=1S/C10H17N3OS/c1-7-2-3-10(4-7,6-11)5-8-12-9(15)14-13-8/h7H,2-6,11H2,1H3,(H,12,13,15)/t7-,10+/m1/s1. The van der Waals surface area contributed by atoms with Gasteiger partial charge in [-0.1, -0.05) is 13.3 Å². The van der Waals surface area contributed by atoms with Crippen molar-refractivity contribution in [2.45, 2.75) is 32.6 Å². The van der Waals surface area contributed by atoms with Crippen LogP contribution in [-0.2, 0) is 6.42 Å². The van der Waals surface area contributed by atoms with Crippen molar-refractivity contribution in [2.24, 2.45) is 17.1 Å². The van der Waals surface area contributed by atoms with E-state index in [1.165, 1.54) is 19.3 Å². The summed E-state index contributed by atoms with van der Waals surface area (Å²) in [5, 5.41) is 2.76. The Labute approximate surface area is 94.2 Å². The molecular weight excluding hydrogens is 210 g/mol. The third kappa shape index (κ3) is 2.29. The molecule has 1 heterocycles. The van der Waals surface area contributed by atoms with Gasteiger partial charge in [0.05, 0.1) is 0 Å². The molecule has 0 unspecified atom stereocenters. The average molecular weight is 227 g/mol. The van der Waals surface area contributed by atoms with Crippen molar-refractivity contribution < 1.29 is 4.52 Å². The Morgan fingerprint density at radius 2 is 2.53 bits per heavy atom. The molecule has 1 saturated carbocycles. The first kappa shape index (κ1) is 10.8. The van der Waals surface area contributed by atoms with Crippen LogP contribution >= 0.6 is 12.2 Å². The summed E-state index contributed by atoms with van der Waals surface area (Å²) in [7, 11) is 0. The molecule has 0 amide bonds. The van der Waals surface area contributed by atoms with E-state index in [2.05, 4.69) is 17.1 Å². The molecular formula is C10H17N3OS. The highest BCUT2D eigenvalue weighted by Crippen LogP contribution is 2.42. The summed E-state index contributed by atoms with van der Waals surface area (Å²) in [4.78, 5) is 4.41. The first-order valence-electron chi connectivity index (χ1n) is 5.38. The monoisotopic (exact) mass is 227 g/mol. The molecule has 1 aromatic heterocycles. The number of nitrogens with zero attached hydrogens (tertiary/aromatic N) is 1. The van der Waals surface area contributed by atoms with Gasteiger partial charge < -0.3 is 10.3 Å². The van der Waals surface area contributed by atoms with Crippen LogP contribution in [0.3, 0.4) is 0 Å². The van der Waals surface area contributed by atoms with Crippen LogP contribution in [0.5, 0.6) is 0 Å². The quantitative estimate of drug-likeness (QED) is 0.775. The fraction of sp³-hybridized carbons (Fsp3) is 0.800. The van der Waals surface area contributed by atoms with Crippen LogP contribution in [0.4, 0.5) is 0 Å². The van der Waals surface area contributed by atoms with E-state index in [0.717, 1.165) is 18.2 Å². The summed E-state index contributed by atoms with van der Waals surface area (Å²) in [6.45, 7) is 2.99. The summed E-state index contributed by atoms with van der Waals surface area (Å²) >= 11 is 4.83. The maximum atomic E-state index is 5.89. The number of hydrogen-bond donors (Lipinski definition) is 2. The molecule has 4 nitrogen and oxygen atoms in total. The maximum absolute atomic E-state index is 5.89. The number of rotatable bonds is 3. The van der Waals surface area contributed by atoms with Gasteiger partial charge in [-0.25, -0.2) is 5.16 Å². The zero-order chi connectivity index (χ0) is 10.9. The Morgan fingerprint density at radius 3 is 3.00 bits per heavy atom. The molecule has 0 radical (unpaired) electrons. The van der Waals surface area contributed by atoms with Crippen LogP contribution in [0.25, 0.3) is 0 Å². The van der Waals surface area contributed by atoms with Gasteiger partial charge in [0.15, 0.2) is 0 Å². The highest BCUT2D eigenvalue weighted by atomic mass is 32.1. The molecule has 2 atom stereocenters. The van der Waals surface area contributed by atoms with E-state index in [4.69, 9.17) is 22.5 Å². The van der Waals surface area contributed by atoms with Crippen molar-refractivity contribution >= 4 is 12.2 Å². The van der Waals surface area contributed by atoms with E-state index in [9.17, 15) is 0 Å². The second kappa shape index (κ2) is 4.06. The number of hydrogen-bond acceptors (Lipinski definition) is 4. The SMILES string of the molecule is C[C@@H]1CC[C@@](CN)(Cc2nc(=S)o[nH]2)C1. The molecule has 84 valence electrons. The fourth-order valence-electron chi connectivity index (χ4n) is 2.60. The van der Waals surface area contributed by atoms with Gasteiger partial charge in [0.2, 0.25) is 0 Å². The van der Waals surface area contributed by atoms with E-state index < -0.39 is 0 Å². The van der Waals surface area contributed by atoms with Crippen LogP contribution in [-0.4, -0.2) is 16.7 Å². The average Bonchev–Trinajstić information content (AvgIpc) is 2.75. The van der Waals surface area contributed by atoms with E-state index in [0.29, 0.717) is 6.54 Å². The van der Waals surface area contributed by atoms with Crippen molar-refractivity contribution in [3.8, 4) is 0 Å². The summed E-state index contributed by atoms with van der Waals surface area (Å²) in [6.07, 6.45) is 4.47. The first-order valence-corrected chi connectivity index (χ1v) is 5.79. The molecule has 1 aliphatic rings. The minimum Gasteiger partial charge on any atom is -0.348 e. The van der Waals surface area contributed by atoms with Crippen molar-refractivity contribution in [3.63, 3.8) is 0 Å². The number of H-pyrrole nitrogens is 1. The molecule has 15 heavy (non-hydrogen) atoms. The number of aromatic amines is 1. The van der Waals surface area contributed by atoms with Crippen LogP contribution in [0.15, 0.2) is 4.52 Å². The van der Waals surface area contributed by atoms with E-state index in [1.807, 2.05) is 0 Å². The largest absolute Gasteiger partial charge is 0.348 e. The lowest BCUT2D eigenvalue weighted by Gasteiger charge is -2.25. The summed E-state index contributed by atoms with van der Waals surface area (Å²) < 4.78 is 4.93. The van der Waals surface area contributed by atoms with Crippen LogP contribution < -0.4 is 5.73 Å². The van der Waals surface area contributed by atoms with Gasteiger partial charge in [-0.3, -0.25) is 0 Å². The molecule has 1 aliphatic carbocycles. The van der Waals surface area contributed by atoms with Crippen LogP contribution in [0.2, 0.25) is 0 Å². The minimum atomic E-state index is 0.203. The number of aromatic nitrogens is 2. The highest BCUT2D eigenvalue weighted by Gasteiger charge is 2.37. The number of nitrogens with one attached hydrogen (secondary N) is 1. The molecule has 0 spiro atoms. The van der Waals surface area contributed by atoms with Crippen molar-refractivity contribution in [2.75, 3.05) is 6.54 Å². The minimum absolute atomic E-state index is 0.203. The first-order chi connectivity index (χ1) is 7.13. The highest BCUT2D eigenvalue weighted by molar-refractivity contribution is 7.71. The van der Waals surface area contributed by atoms with E-state index in [-0.39, 0.29) is 10.3 Å². The van der Waals surface area contributed by atoms with Crippen LogP contribution in [0, 0.1) is 16.2 Å². The normalized spacial score (nSPS) is 30.9. The second-order valence-electron chi connectivity index (χ2n) is 4.76. The Hall–Kier alpha value is -0.680. The lowest BCUT2D eigenvalue weighted by molar-refractivity contribution is 0.283. The predicted octanol–water partition coefficient (Wildman–Crippen LogP) is 2.04. The Kier molecular flexibility index (Phi) is 2.93. The lowest BCUT2D eigenvalue weighted by atomic mass is 9.82. The molecule has 3 N–H and O–H groups in total. The second-order valence-corrected chi connectivity index (χ2v) is 5.11. The molecule has 0 aliphatic heterocycles. The summed E-state index contributed by atoms with van der Waals surface area (Å²) in [5.41, 5.74) is 6.09. The van der Waals surface area contributed by atoms with Crippen LogP contribution in [0.1, 0.15) is 32.0 Å². The lowest BCUT2D eigenvalue weighted by Crippen LogP contribution is -2.30. The zero-order valence-corrected chi connectivity index (χ0v) is 9.77. The topological polar surface area (TPSA) is 67.8 Å². The van der Waals surface area contributed by atoms with Crippen molar-refractivity contribution in [3.05, 3.63) is 10.7 Å². The Balaban J connectivity index is 2.11. The third-order valence-corrected chi connectivity index (χ3v) is 3.58. The molecule has 2 rings (SSSR count). The molecule has 0 aromatic carbocycles. The smallest absolute Gasteiger partial charge is 0.314 e. The summed E-state index contributed by atoms with van der Waals surface area (Å²) in [5.74, 6) is 1.60. The van der Waals surface area contributed by atoms with Crippen molar-refractivity contribution in [1.29, 1.82) is 0 Å². The van der Waals surface area contributed by atoms with Gasteiger partial charge in [0.1, 0.15) is 5.82 Å². The predicted molar refractivity (Wildman–Crippen MR) is 59.9 cm³/mol. The zero-order valence-electron chi connectivity index (χ0n) is 8.95. The van der Waals surface area contributed by atoms with Gasteiger partial charge >= 0.3 is 4.84 Å². The fourth-order valence-corrected chi connectivity index (χ4v) is 2.76. The third-order valence-electron chi connectivity index (χ3n) is 3.41. The molecule has 0 saturated heterocycles. The number of nitrogens with two attached hydrogens (primary N) is 1. The molecule has 1 fully saturated rings. The van der Waals surface area contributed by atoms with Gasteiger partial charge in [0, 0.05) is 6.42 Å². The summed E-state index contributed by atoms with van der Waals surface area (Å²) in [6, 6.07) is 0. The molecule has 0 bridgehead atoms. The van der Waals surface area contributed by atoms with E-state index in [1.54, 1.807) is 0 Å². The van der Waals surface area contributed by atoms with Gasteiger partial charge in [-0.2, -0.15) is 4.98 Å². The van der Waals surface area contributed by atoms with Gasteiger partial charge in [-0.05, 0) is 42.9 Å². The Morgan fingerprint density at radius 1 is 1.73 bits per heavy atom. The van der Waals surface area contributed by atoms with Gasteiger partial charge in [0.25, 0.3) is 0 Å². The molecule has 5 heteroatoms. The van der Waals surface area contributed by atoms with E-state index >= 15 is 0 Å². The Bertz CT molecular complexity index is 386. The molecule has 1 aromatic rings.